The summed E-state index contributed by atoms with van der Waals surface area (Å²) in [5, 5.41) is 0. The number of nitrogens with zero attached hydrogens (tertiary/aromatic N) is 1. The molecule has 0 saturated carbocycles. The number of ketones is 1. The molecule has 8 nitrogen and oxygen atoms in total. The van der Waals surface area contributed by atoms with Gasteiger partial charge in [-0.25, -0.2) is 17.5 Å². The summed E-state index contributed by atoms with van der Waals surface area (Å²) in [6.07, 6.45) is 0. The van der Waals surface area contributed by atoms with Gasteiger partial charge in [0.15, 0.2) is 5.78 Å². The predicted octanol–water partition coefficient (Wildman–Crippen LogP) is 2.51. The molecule has 0 fully saturated rings. The van der Waals surface area contributed by atoms with Crippen molar-refractivity contribution in [2.75, 3.05) is 28.3 Å². The van der Waals surface area contributed by atoms with Gasteiger partial charge in [0.1, 0.15) is 23.0 Å². The van der Waals surface area contributed by atoms with Crippen LogP contribution in [0, 0.1) is 0 Å². The number of Topliss-reactive ketones (excluding diaryl/α,β-unsaturated/α-hetero) is 1. The van der Waals surface area contributed by atoms with E-state index in [2.05, 4.69) is 0 Å². The summed E-state index contributed by atoms with van der Waals surface area (Å²) in [5.74, 6) is -0.272. The summed E-state index contributed by atoms with van der Waals surface area (Å²) in [6, 6.07) is 8.84. The average molecular weight is 421 g/mol. The molecule has 0 bridgehead atoms. The zero-order valence-corrected chi connectivity index (χ0v) is 17.7. The highest BCUT2D eigenvalue weighted by Gasteiger charge is 2.24. The van der Waals surface area contributed by atoms with E-state index in [-0.39, 0.29) is 28.6 Å². The van der Waals surface area contributed by atoms with E-state index in [1.807, 2.05) is 0 Å². The molecule has 0 aliphatic rings. The van der Waals surface area contributed by atoms with E-state index < -0.39 is 16.0 Å². The van der Waals surface area contributed by atoms with E-state index >= 15 is 0 Å². The van der Waals surface area contributed by atoms with Crippen LogP contribution in [0.3, 0.4) is 0 Å². The fourth-order valence-corrected chi connectivity index (χ4v) is 3.61. The summed E-state index contributed by atoms with van der Waals surface area (Å²) < 4.78 is 41.7. The lowest BCUT2D eigenvalue weighted by Crippen LogP contribution is -2.23. The number of ether oxygens (including phenoxy) is 3. The van der Waals surface area contributed by atoms with Gasteiger partial charge < -0.3 is 14.2 Å². The second kappa shape index (κ2) is 9.06. The zero-order chi connectivity index (χ0) is 21.8. The lowest BCUT2D eigenvalue weighted by molar-refractivity contribution is 0.0470. The Labute approximate surface area is 170 Å². The van der Waals surface area contributed by atoms with Crippen molar-refractivity contribution < 1.29 is 32.2 Å². The fraction of sp³-hybridized carbons (Fsp3) is 0.300. The molecule has 2 aromatic carbocycles. The lowest BCUT2D eigenvalue weighted by atomic mass is 10.1. The zero-order valence-electron chi connectivity index (χ0n) is 16.9. The monoisotopic (exact) mass is 421 g/mol. The van der Waals surface area contributed by atoms with Crippen molar-refractivity contribution in [3.63, 3.8) is 0 Å². The molecule has 0 radical (unpaired) electrons. The van der Waals surface area contributed by atoms with Gasteiger partial charge in [0.25, 0.3) is 0 Å². The highest BCUT2D eigenvalue weighted by Crippen LogP contribution is 2.28. The van der Waals surface area contributed by atoms with Crippen LogP contribution in [0.4, 0.5) is 0 Å². The first-order chi connectivity index (χ1) is 13.6. The van der Waals surface area contributed by atoms with Crippen LogP contribution in [0.1, 0.15) is 33.2 Å². The first-order valence-corrected chi connectivity index (χ1v) is 10.0. The highest BCUT2D eigenvalue weighted by molar-refractivity contribution is 7.89. The maximum Gasteiger partial charge on any atom is 0.338 e. The normalized spacial score (nSPS) is 11.2. The summed E-state index contributed by atoms with van der Waals surface area (Å²) in [5.41, 5.74) is 1.02. The number of sulfonamides is 1. The van der Waals surface area contributed by atoms with E-state index in [9.17, 15) is 18.0 Å². The smallest absolute Gasteiger partial charge is 0.338 e. The summed E-state index contributed by atoms with van der Waals surface area (Å²) in [4.78, 5) is 23.9. The topological polar surface area (TPSA) is 99.2 Å². The van der Waals surface area contributed by atoms with Gasteiger partial charge in [0, 0.05) is 25.2 Å². The van der Waals surface area contributed by atoms with Crippen molar-refractivity contribution in [3.8, 4) is 11.5 Å². The fourth-order valence-electron chi connectivity index (χ4n) is 2.54. The van der Waals surface area contributed by atoms with Gasteiger partial charge in [-0.3, -0.25) is 4.79 Å². The second-order valence-corrected chi connectivity index (χ2v) is 8.43. The number of hydrogen-bond acceptors (Lipinski definition) is 7. The number of methoxy groups -OCH3 is 2. The summed E-state index contributed by atoms with van der Waals surface area (Å²) in [7, 11) is 1.75. The molecule has 0 saturated heterocycles. The Morgan fingerprint density at radius 3 is 2.07 bits per heavy atom. The molecular formula is C20H23NO7S. The molecule has 0 spiro atoms. The van der Waals surface area contributed by atoms with Crippen molar-refractivity contribution in [2.24, 2.45) is 0 Å². The molecule has 0 N–H and O–H groups in total. The molecule has 0 aliphatic carbocycles. The van der Waals surface area contributed by atoms with Crippen molar-refractivity contribution >= 4 is 21.8 Å². The third-order valence-corrected chi connectivity index (χ3v) is 6.04. The Morgan fingerprint density at radius 2 is 1.52 bits per heavy atom. The molecule has 0 atom stereocenters. The van der Waals surface area contributed by atoms with Crippen LogP contribution in [-0.4, -0.2) is 52.8 Å². The minimum Gasteiger partial charge on any atom is -0.496 e. The average Bonchev–Trinajstić information content (AvgIpc) is 2.70. The molecule has 156 valence electrons. The van der Waals surface area contributed by atoms with E-state index in [1.54, 1.807) is 18.2 Å². The van der Waals surface area contributed by atoms with Gasteiger partial charge in [-0.05, 0) is 43.3 Å². The van der Waals surface area contributed by atoms with Gasteiger partial charge in [0.05, 0.1) is 19.8 Å². The Hall–Kier alpha value is -2.91. The highest BCUT2D eigenvalue weighted by atomic mass is 32.2. The van der Waals surface area contributed by atoms with Crippen LogP contribution in [0.2, 0.25) is 0 Å². The maximum absolute atomic E-state index is 12.5. The first-order valence-electron chi connectivity index (χ1n) is 8.57. The Kier molecular flexibility index (Phi) is 6.99. The first kappa shape index (κ1) is 22.4. The van der Waals surface area contributed by atoms with Crippen LogP contribution in [0.5, 0.6) is 11.5 Å². The van der Waals surface area contributed by atoms with Crippen molar-refractivity contribution in [3.05, 3.63) is 53.1 Å². The van der Waals surface area contributed by atoms with E-state index in [4.69, 9.17) is 14.2 Å². The number of hydrogen-bond donors (Lipinski definition) is 0. The maximum atomic E-state index is 12.5. The Morgan fingerprint density at radius 1 is 0.931 bits per heavy atom. The van der Waals surface area contributed by atoms with Gasteiger partial charge in [0.2, 0.25) is 10.0 Å². The van der Waals surface area contributed by atoms with Gasteiger partial charge in [-0.15, -0.1) is 0 Å². The third kappa shape index (κ3) is 4.93. The molecule has 0 aliphatic heterocycles. The van der Waals surface area contributed by atoms with Crippen molar-refractivity contribution in [1.82, 2.24) is 4.31 Å². The van der Waals surface area contributed by atoms with Crippen LogP contribution in [0.15, 0.2) is 41.3 Å². The van der Waals surface area contributed by atoms with Crippen LogP contribution in [-0.2, 0) is 21.4 Å². The molecule has 0 amide bonds. The summed E-state index contributed by atoms with van der Waals surface area (Å²) >= 11 is 0. The van der Waals surface area contributed by atoms with Crippen LogP contribution in [0.25, 0.3) is 0 Å². The standard InChI is InChI=1S/C20H23NO7S/c1-13(22)14-6-8-17(26-4)16(10-14)12-28-20(23)15-7-9-18(27-5)19(11-15)29(24,25)21(2)3/h6-11H,12H2,1-5H3. The number of esters is 1. The van der Waals surface area contributed by atoms with Gasteiger partial charge >= 0.3 is 5.97 Å². The number of carbonyl (C=O) groups is 2. The van der Waals surface area contributed by atoms with Gasteiger partial charge in [-0.1, -0.05) is 0 Å². The van der Waals surface area contributed by atoms with Crippen molar-refractivity contribution in [2.45, 2.75) is 18.4 Å². The number of benzene rings is 2. The van der Waals surface area contributed by atoms with E-state index in [0.29, 0.717) is 16.9 Å². The quantitative estimate of drug-likeness (QED) is 0.477. The minimum absolute atomic E-state index is 0.0490. The Bertz CT molecular complexity index is 1030. The number of carbonyl (C=O) groups excluding carboxylic acids is 2. The molecular weight excluding hydrogens is 398 g/mol. The van der Waals surface area contributed by atoms with Crippen LogP contribution >= 0.6 is 0 Å². The van der Waals surface area contributed by atoms with E-state index in [1.165, 1.54) is 53.4 Å². The molecule has 29 heavy (non-hydrogen) atoms. The minimum atomic E-state index is -3.83. The van der Waals surface area contributed by atoms with Crippen molar-refractivity contribution in [1.29, 1.82) is 0 Å². The molecule has 0 unspecified atom stereocenters. The third-order valence-electron chi connectivity index (χ3n) is 4.20. The molecule has 2 aromatic rings. The van der Waals surface area contributed by atoms with Gasteiger partial charge in [-0.2, -0.15) is 0 Å². The second-order valence-electron chi connectivity index (χ2n) is 6.31. The molecule has 0 heterocycles. The van der Waals surface area contributed by atoms with E-state index in [0.717, 1.165) is 4.31 Å². The molecule has 0 aromatic heterocycles. The summed E-state index contributed by atoms with van der Waals surface area (Å²) in [6.45, 7) is 1.28. The Balaban J connectivity index is 2.31. The lowest BCUT2D eigenvalue weighted by Gasteiger charge is -2.15. The predicted molar refractivity (Wildman–Crippen MR) is 106 cm³/mol. The molecule has 2 rings (SSSR count). The SMILES string of the molecule is COc1ccc(C(C)=O)cc1COC(=O)c1ccc(OC)c(S(=O)(=O)N(C)C)c1. The largest absolute Gasteiger partial charge is 0.496 e. The van der Waals surface area contributed by atoms with Crippen LogP contribution < -0.4 is 9.47 Å². The number of rotatable bonds is 8. The molecule has 9 heteroatoms.